The SMILES string of the molecule is CCOC(=O)[C@@]1(CC)[NH2+][C@@H](c2cccs2)[C@H]2C(=O)N(CC)C(=O)[C@H]21. The number of esters is 1. The molecule has 0 spiro atoms. The first-order valence-electron chi connectivity index (χ1n) is 8.43. The lowest BCUT2D eigenvalue weighted by Crippen LogP contribution is -2.98. The van der Waals surface area contributed by atoms with Crippen molar-refractivity contribution >= 4 is 29.1 Å². The van der Waals surface area contributed by atoms with E-state index in [-0.39, 0.29) is 30.4 Å². The van der Waals surface area contributed by atoms with Gasteiger partial charge in [0.25, 0.3) is 0 Å². The quantitative estimate of drug-likeness (QED) is 0.625. The summed E-state index contributed by atoms with van der Waals surface area (Å²) in [6, 6.07) is 3.68. The van der Waals surface area contributed by atoms with Crippen molar-refractivity contribution in [2.45, 2.75) is 38.8 Å². The number of thiophene rings is 1. The van der Waals surface area contributed by atoms with E-state index in [4.69, 9.17) is 4.74 Å². The van der Waals surface area contributed by atoms with E-state index in [1.807, 2.05) is 29.8 Å². The van der Waals surface area contributed by atoms with Crippen molar-refractivity contribution < 1.29 is 24.4 Å². The van der Waals surface area contributed by atoms with Gasteiger partial charge in [0.15, 0.2) is 0 Å². The van der Waals surface area contributed by atoms with Gasteiger partial charge >= 0.3 is 5.97 Å². The number of likely N-dealkylation sites (tertiary alicyclic amines) is 1. The highest BCUT2D eigenvalue weighted by molar-refractivity contribution is 7.10. The summed E-state index contributed by atoms with van der Waals surface area (Å²) < 4.78 is 5.30. The molecular weight excluding hydrogens is 328 g/mol. The molecule has 2 amide bonds. The Balaban J connectivity index is 2.10. The highest BCUT2D eigenvalue weighted by Gasteiger charge is 2.71. The second kappa shape index (κ2) is 6.29. The first-order chi connectivity index (χ1) is 11.5. The van der Waals surface area contributed by atoms with E-state index in [9.17, 15) is 14.4 Å². The summed E-state index contributed by atoms with van der Waals surface area (Å²) in [5.41, 5.74) is -1.02. The van der Waals surface area contributed by atoms with Crippen LogP contribution in [0.25, 0.3) is 0 Å². The number of carbonyl (C=O) groups is 3. The number of ether oxygens (including phenoxy) is 1. The Labute approximate surface area is 145 Å². The van der Waals surface area contributed by atoms with E-state index in [0.29, 0.717) is 13.0 Å². The largest absolute Gasteiger partial charge is 0.461 e. The maximum atomic E-state index is 12.9. The van der Waals surface area contributed by atoms with Crippen molar-refractivity contribution in [3.8, 4) is 0 Å². The van der Waals surface area contributed by atoms with Crippen molar-refractivity contribution in [1.29, 1.82) is 0 Å². The molecule has 2 N–H and O–H groups in total. The van der Waals surface area contributed by atoms with Crippen LogP contribution in [0.5, 0.6) is 0 Å². The Kier molecular flexibility index (Phi) is 4.48. The topological polar surface area (TPSA) is 80.3 Å². The fraction of sp³-hybridized carbons (Fsp3) is 0.588. The Morgan fingerprint density at radius 3 is 2.62 bits per heavy atom. The lowest BCUT2D eigenvalue weighted by Gasteiger charge is -2.28. The zero-order valence-corrected chi connectivity index (χ0v) is 15.0. The molecule has 2 aliphatic rings. The smallest absolute Gasteiger partial charge is 0.368 e. The molecule has 2 saturated heterocycles. The van der Waals surface area contributed by atoms with Crippen LogP contribution in [0.1, 0.15) is 38.1 Å². The average molecular weight is 351 g/mol. The van der Waals surface area contributed by atoms with Crippen molar-refractivity contribution in [3.63, 3.8) is 0 Å². The molecule has 0 aliphatic carbocycles. The van der Waals surface area contributed by atoms with E-state index < -0.39 is 17.4 Å². The number of carbonyl (C=O) groups excluding carboxylic acids is 3. The van der Waals surface area contributed by atoms with Crippen LogP contribution in [0, 0.1) is 11.8 Å². The van der Waals surface area contributed by atoms with E-state index in [2.05, 4.69) is 0 Å². The summed E-state index contributed by atoms with van der Waals surface area (Å²) in [4.78, 5) is 40.9. The Morgan fingerprint density at radius 2 is 2.08 bits per heavy atom. The Hall–Kier alpha value is -1.73. The van der Waals surface area contributed by atoms with Crippen LogP contribution in [0.2, 0.25) is 0 Å². The number of hydrogen-bond acceptors (Lipinski definition) is 5. The van der Waals surface area contributed by atoms with Crippen LogP contribution < -0.4 is 5.32 Å². The normalized spacial score (nSPS) is 32.3. The maximum absolute atomic E-state index is 12.9. The van der Waals surface area contributed by atoms with E-state index >= 15 is 0 Å². The molecule has 0 unspecified atom stereocenters. The number of imide groups is 1. The van der Waals surface area contributed by atoms with Gasteiger partial charge in [-0.15, -0.1) is 11.3 Å². The molecule has 0 bridgehead atoms. The zero-order valence-electron chi connectivity index (χ0n) is 14.2. The van der Waals surface area contributed by atoms with Crippen LogP contribution in [0.15, 0.2) is 17.5 Å². The number of hydrogen-bond donors (Lipinski definition) is 1. The number of quaternary nitrogens is 1. The summed E-state index contributed by atoms with van der Waals surface area (Å²) in [7, 11) is 0. The molecule has 3 heterocycles. The molecule has 0 saturated carbocycles. The van der Waals surface area contributed by atoms with Crippen molar-refractivity contribution in [1.82, 2.24) is 4.90 Å². The Morgan fingerprint density at radius 1 is 1.33 bits per heavy atom. The molecule has 0 radical (unpaired) electrons. The van der Waals surface area contributed by atoms with Gasteiger partial charge in [0.1, 0.15) is 17.9 Å². The van der Waals surface area contributed by atoms with Gasteiger partial charge < -0.3 is 10.1 Å². The lowest BCUT2D eigenvalue weighted by molar-refractivity contribution is -0.734. The van der Waals surface area contributed by atoms with Gasteiger partial charge in [-0.3, -0.25) is 14.5 Å². The van der Waals surface area contributed by atoms with Gasteiger partial charge in [-0.2, -0.15) is 0 Å². The average Bonchev–Trinajstić information content (AvgIpc) is 3.25. The van der Waals surface area contributed by atoms with Crippen LogP contribution in [-0.2, 0) is 19.1 Å². The number of nitrogens with two attached hydrogens (primary N) is 1. The van der Waals surface area contributed by atoms with Gasteiger partial charge in [0, 0.05) is 13.0 Å². The molecule has 2 aliphatic heterocycles. The van der Waals surface area contributed by atoms with Gasteiger partial charge in [-0.25, -0.2) is 4.79 Å². The molecule has 1 aromatic heterocycles. The predicted molar refractivity (Wildman–Crippen MR) is 88.0 cm³/mol. The third kappa shape index (κ3) is 2.22. The summed E-state index contributed by atoms with van der Waals surface area (Å²) >= 11 is 1.55. The fourth-order valence-electron chi connectivity index (χ4n) is 4.18. The van der Waals surface area contributed by atoms with Crippen LogP contribution in [0.4, 0.5) is 0 Å². The van der Waals surface area contributed by atoms with Crippen LogP contribution in [0.3, 0.4) is 0 Å². The number of rotatable bonds is 5. The molecule has 130 valence electrons. The molecule has 4 atom stereocenters. The summed E-state index contributed by atoms with van der Waals surface area (Å²) in [5.74, 6) is -1.94. The number of fused-ring (bicyclic) bond motifs is 1. The van der Waals surface area contributed by atoms with E-state index in [0.717, 1.165) is 4.88 Å². The molecule has 24 heavy (non-hydrogen) atoms. The monoisotopic (exact) mass is 351 g/mol. The second-order valence-electron chi connectivity index (χ2n) is 6.25. The molecule has 1 aromatic rings. The molecular formula is C17H23N2O4S+. The summed E-state index contributed by atoms with van der Waals surface area (Å²) in [6.45, 7) is 6.02. The minimum absolute atomic E-state index is 0.165. The zero-order chi connectivity index (χ0) is 17.5. The van der Waals surface area contributed by atoms with Gasteiger partial charge in [0.2, 0.25) is 17.4 Å². The van der Waals surface area contributed by atoms with Gasteiger partial charge in [0.05, 0.1) is 11.5 Å². The maximum Gasteiger partial charge on any atom is 0.368 e. The third-order valence-corrected chi connectivity index (χ3v) is 6.26. The predicted octanol–water partition coefficient (Wildman–Crippen LogP) is 0.699. The highest BCUT2D eigenvalue weighted by atomic mass is 32.1. The number of nitrogens with zero attached hydrogens (tertiary/aromatic N) is 1. The number of amides is 2. The summed E-state index contributed by atoms with van der Waals surface area (Å²) in [5, 5.41) is 3.86. The lowest BCUT2D eigenvalue weighted by atomic mass is 9.78. The Bertz CT molecular complexity index is 660. The van der Waals surface area contributed by atoms with E-state index in [1.54, 1.807) is 25.2 Å². The fourth-order valence-corrected chi connectivity index (χ4v) is 5.02. The highest BCUT2D eigenvalue weighted by Crippen LogP contribution is 2.46. The molecule has 6 nitrogen and oxygen atoms in total. The van der Waals surface area contributed by atoms with Crippen molar-refractivity contribution in [2.75, 3.05) is 13.2 Å². The minimum atomic E-state index is -1.02. The van der Waals surface area contributed by atoms with Gasteiger partial charge in [-0.1, -0.05) is 13.0 Å². The van der Waals surface area contributed by atoms with Crippen LogP contribution >= 0.6 is 11.3 Å². The summed E-state index contributed by atoms with van der Waals surface area (Å²) in [6.07, 6.45) is 0.450. The first-order valence-corrected chi connectivity index (χ1v) is 9.31. The molecule has 2 fully saturated rings. The van der Waals surface area contributed by atoms with Gasteiger partial charge in [-0.05, 0) is 25.3 Å². The minimum Gasteiger partial charge on any atom is -0.461 e. The second-order valence-corrected chi connectivity index (χ2v) is 7.23. The molecule has 7 heteroatoms. The molecule has 0 aromatic carbocycles. The molecule has 3 rings (SSSR count). The third-order valence-electron chi connectivity index (χ3n) is 5.29. The standard InChI is InChI=1S/C17H22N2O4S/c1-4-17(16(22)23-6-3)12-11(14(20)19(5-2)15(12)21)13(18-17)10-8-7-9-24-10/h7-9,11-13,18H,4-6H2,1-3H3/p+1/t11-,12-,13-,17-/m0/s1. The first kappa shape index (κ1) is 17.1. The van der Waals surface area contributed by atoms with Crippen molar-refractivity contribution in [2.24, 2.45) is 11.8 Å². The van der Waals surface area contributed by atoms with Crippen molar-refractivity contribution in [3.05, 3.63) is 22.4 Å². The van der Waals surface area contributed by atoms with E-state index in [1.165, 1.54) is 4.90 Å². The van der Waals surface area contributed by atoms with Crippen LogP contribution in [-0.4, -0.2) is 41.4 Å².